The zero-order valence-corrected chi connectivity index (χ0v) is 14.5. The quantitative estimate of drug-likeness (QED) is 0.897. The highest BCUT2D eigenvalue weighted by atomic mass is 19.1. The number of carbonyl (C=O) groups excluding carboxylic acids is 1. The van der Waals surface area contributed by atoms with Gasteiger partial charge in [0, 0.05) is 50.5 Å². The molecule has 0 spiro atoms. The lowest BCUT2D eigenvalue weighted by molar-refractivity contribution is 0.0947. The SMILES string of the molecule is N#Cc1cccc(C(=O)NCCN2CCN(c3ccc(F)cc3)CC2)c1. The van der Waals surface area contributed by atoms with Crippen molar-refractivity contribution < 1.29 is 9.18 Å². The largest absolute Gasteiger partial charge is 0.369 e. The van der Waals surface area contributed by atoms with E-state index in [2.05, 4.69) is 15.1 Å². The predicted octanol–water partition coefficient (Wildman–Crippen LogP) is 2.25. The van der Waals surface area contributed by atoms with Crippen molar-refractivity contribution >= 4 is 11.6 Å². The van der Waals surface area contributed by atoms with Crippen LogP contribution in [0.3, 0.4) is 0 Å². The molecule has 1 saturated heterocycles. The molecular weight excluding hydrogens is 331 g/mol. The van der Waals surface area contributed by atoms with Gasteiger partial charge in [-0.25, -0.2) is 4.39 Å². The monoisotopic (exact) mass is 352 g/mol. The number of amides is 1. The first-order valence-corrected chi connectivity index (χ1v) is 8.67. The van der Waals surface area contributed by atoms with E-state index in [1.807, 2.05) is 6.07 Å². The first-order valence-electron chi connectivity index (χ1n) is 8.67. The van der Waals surface area contributed by atoms with Gasteiger partial charge in [-0.3, -0.25) is 9.69 Å². The molecule has 0 aliphatic carbocycles. The summed E-state index contributed by atoms with van der Waals surface area (Å²) in [6.07, 6.45) is 0. The van der Waals surface area contributed by atoms with E-state index >= 15 is 0 Å². The third-order valence-electron chi connectivity index (χ3n) is 4.53. The molecule has 0 atom stereocenters. The van der Waals surface area contributed by atoms with Crippen LogP contribution in [0.1, 0.15) is 15.9 Å². The minimum atomic E-state index is -0.219. The Labute approximate surface area is 152 Å². The van der Waals surface area contributed by atoms with Crippen LogP contribution >= 0.6 is 0 Å². The van der Waals surface area contributed by atoms with Crippen LogP contribution in [0.4, 0.5) is 10.1 Å². The normalized spacial score (nSPS) is 14.7. The van der Waals surface area contributed by atoms with E-state index in [4.69, 9.17) is 5.26 Å². The van der Waals surface area contributed by atoms with Crippen molar-refractivity contribution in [3.8, 4) is 6.07 Å². The van der Waals surface area contributed by atoms with Gasteiger partial charge in [0.1, 0.15) is 5.82 Å². The minimum Gasteiger partial charge on any atom is -0.369 e. The lowest BCUT2D eigenvalue weighted by atomic mass is 10.1. The van der Waals surface area contributed by atoms with Crippen molar-refractivity contribution in [2.24, 2.45) is 0 Å². The number of halogens is 1. The minimum absolute atomic E-state index is 0.160. The summed E-state index contributed by atoms with van der Waals surface area (Å²) in [5, 5.41) is 11.8. The Hall–Kier alpha value is -2.91. The lowest BCUT2D eigenvalue weighted by Crippen LogP contribution is -2.48. The molecule has 6 heteroatoms. The molecule has 2 aromatic carbocycles. The highest BCUT2D eigenvalue weighted by Gasteiger charge is 2.17. The summed E-state index contributed by atoms with van der Waals surface area (Å²) in [5.41, 5.74) is 2.02. The van der Waals surface area contributed by atoms with E-state index < -0.39 is 0 Å². The topological polar surface area (TPSA) is 59.4 Å². The Morgan fingerprint density at radius 1 is 1.12 bits per heavy atom. The van der Waals surface area contributed by atoms with Crippen LogP contribution in [0.25, 0.3) is 0 Å². The highest BCUT2D eigenvalue weighted by Crippen LogP contribution is 2.16. The number of hydrogen-bond donors (Lipinski definition) is 1. The molecule has 1 aliphatic heterocycles. The van der Waals surface area contributed by atoms with Crippen LogP contribution in [0.2, 0.25) is 0 Å². The van der Waals surface area contributed by atoms with Crippen molar-refractivity contribution in [3.05, 3.63) is 65.5 Å². The molecule has 1 fully saturated rings. The number of nitriles is 1. The molecule has 0 aromatic heterocycles. The molecule has 134 valence electrons. The van der Waals surface area contributed by atoms with Gasteiger partial charge in [-0.2, -0.15) is 5.26 Å². The maximum Gasteiger partial charge on any atom is 0.251 e. The molecular formula is C20H21FN4O. The number of benzene rings is 2. The van der Waals surface area contributed by atoms with Crippen molar-refractivity contribution in [1.82, 2.24) is 10.2 Å². The van der Waals surface area contributed by atoms with Crippen LogP contribution in [0, 0.1) is 17.1 Å². The molecule has 1 N–H and O–H groups in total. The summed E-state index contributed by atoms with van der Waals surface area (Å²) in [6.45, 7) is 4.90. The maximum atomic E-state index is 13.0. The van der Waals surface area contributed by atoms with Crippen molar-refractivity contribution in [3.63, 3.8) is 0 Å². The zero-order chi connectivity index (χ0) is 18.4. The second-order valence-corrected chi connectivity index (χ2v) is 6.25. The van der Waals surface area contributed by atoms with Gasteiger partial charge < -0.3 is 10.2 Å². The molecule has 0 saturated carbocycles. The maximum absolute atomic E-state index is 13.0. The second kappa shape index (κ2) is 8.45. The number of nitrogens with zero attached hydrogens (tertiary/aromatic N) is 3. The van der Waals surface area contributed by atoms with Crippen LogP contribution in [-0.4, -0.2) is 50.1 Å². The van der Waals surface area contributed by atoms with E-state index in [9.17, 15) is 9.18 Å². The van der Waals surface area contributed by atoms with Crippen molar-refractivity contribution in [1.29, 1.82) is 5.26 Å². The average molecular weight is 352 g/mol. The van der Waals surface area contributed by atoms with E-state index in [1.54, 1.807) is 36.4 Å². The molecule has 2 aromatic rings. The summed E-state index contributed by atoms with van der Waals surface area (Å²) in [5.74, 6) is -0.379. The Morgan fingerprint density at radius 3 is 2.54 bits per heavy atom. The molecule has 0 radical (unpaired) electrons. The Kier molecular flexibility index (Phi) is 5.82. The van der Waals surface area contributed by atoms with Crippen LogP contribution in [-0.2, 0) is 0 Å². The number of nitrogens with one attached hydrogen (secondary N) is 1. The molecule has 1 heterocycles. The van der Waals surface area contributed by atoms with Gasteiger partial charge in [-0.15, -0.1) is 0 Å². The predicted molar refractivity (Wildman–Crippen MR) is 98.5 cm³/mol. The Morgan fingerprint density at radius 2 is 1.85 bits per heavy atom. The zero-order valence-electron chi connectivity index (χ0n) is 14.5. The third-order valence-corrected chi connectivity index (χ3v) is 4.53. The summed E-state index contributed by atoms with van der Waals surface area (Å²) < 4.78 is 13.0. The van der Waals surface area contributed by atoms with Gasteiger partial charge in [0.15, 0.2) is 0 Å². The first kappa shape index (κ1) is 17.9. The number of rotatable bonds is 5. The van der Waals surface area contributed by atoms with Crippen molar-refractivity contribution in [2.75, 3.05) is 44.2 Å². The first-order chi connectivity index (χ1) is 12.7. The van der Waals surface area contributed by atoms with Gasteiger partial charge in [-0.1, -0.05) is 6.07 Å². The van der Waals surface area contributed by atoms with Gasteiger partial charge in [0.25, 0.3) is 5.91 Å². The lowest BCUT2D eigenvalue weighted by Gasteiger charge is -2.36. The summed E-state index contributed by atoms with van der Waals surface area (Å²) >= 11 is 0. The molecule has 1 aliphatic rings. The fourth-order valence-corrected chi connectivity index (χ4v) is 3.04. The van der Waals surface area contributed by atoms with Gasteiger partial charge >= 0.3 is 0 Å². The van der Waals surface area contributed by atoms with E-state index in [0.717, 1.165) is 38.4 Å². The fourth-order valence-electron chi connectivity index (χ4n) is 3.04. The third kappa shape index (κ3) is 4.58. The van der Waals surface area contributed by atoms with E-state index in [-0.39, 0.29) is 11.7 Å². The second-order valence-electron chi connectivity index (χ2n) is 6.25. The number of anilines is 1. The van der Waals surface area contributed by atoms with Gasteiger partial charge in [-0.05, 0) is 42.5 Å². The standard InChI is InChI=1S/C20H21FN4O/c21-18-4-6-19(7-5-18)25-12-10-24(11-13-25)9-8-23-20(26)17-3-1-2-16(14-17)15-22/h1-7,14H,8-13H2,(H,23,26). The van der Waals surface area contributed by atoms with Crippen LogP contribution < -0.4 is 10.2 Å². The molecule has 1 amide bonds. The molecule has 3 rings (SSSR count). The molecule has 5 nitrogen and oxygen atoms in total. The Bertz CT molecular complexity index is 792. The smallest absolute Gasteiger partial charge is 0.251 e. The summed E-state index contributed by atoms with van der Waals surface area (Å²) in [6, 6.07) is 15.3. The van der Waals surface area contributed by atoms with Gasteiger partial charge in [0.05, 0.1) is 11.6 Å². The van der Waals surface area contributed by atoms with Crippen LogP contribution in [0.15, 0.2) is 48.5 Å². The summed E-state index contributed by atoms with van der Waals surface area (Å²) in [7, 11) is 0. The summed E-state index contributed by atoms with van der Waals surface area (Å²) in [4.78, 5) is 16.7. The Balaban J connectivity index is 1.42. The van der Waals surface area contributed by atoms with Gasteiger partial charge in [0.2, 0.25) is 0 Å². The molecule has 0 bridgehead atoms. The fraction of sp³-hybridized carbons (Fsp3) is 0.300. The number of hydrogen-bond acceptors (Lipinski definition) is 4. The molecule has 0 unspecified atom stereocenters. The number of piperazine rings is 1. The highest BCUT2D eigenvalue weighted by molar-refractivity contribution is 5.94. The van der Waals surface area contributed by atoms with E-state index in [0.29, 0.717) is 17.7 Å². The van der Waals surface area contributed by atoms with Crippen LogP contribution in [0.5, 0.6) is 0 Å². The number of carbonyl (C=O) groups is 1. The molecule has 26 heavy (non-hydrogen) atoms. The van der Waals surface area contributed by atoms with E-state index in [1.165, 1.54) is 12.1 Å². The van der Waals surface area contributed by atoms with Crippen molar-refractivity contribution in [2.45, 2.75) is 0 Å². The average Bonchev–Trinajstić information content (AvgIpc) is 2.69.